The molecule has 0 bridgehead atoms. The molecular formula is C18H26N4O. The second-order valence-electron chi connectivity index (χ2n) is 6.11. The molecule has 3 rings (SSSR count). The number of aromatic nitrogens is 2. The van der Waals surface area contributed by atoms with Crippen molar-refractivity contribution in [1.82, 2.24) is 20.4 Å². The van der Waals surface area contributed by atoms with E-state index in [9.17, 15) is 0 Å². The van der Waals surface area contributed by atoms with Gasteiger partial charge in [-0.2, -0.15) is 5.10 Å². The SMILES string of the molecule is CCN1CCC[C@@H](NCc2cn[nH]c2-c2ccc(OC)cc2)C1. The molecule has 1 aromatic heterocycles. The van der Waals surface area contributed by atoms with Gasteiger partial charge in [-0.3, -0.25) is 5.10 Å². The Labute approximate surface area is 138 Å². The third-order valence-electron chi connectivity index (χ3n) is 4.63. The molecule has 0 unspecified atom stereocenters. The van der Waals surface area contributed by atoms with E-state index in [0.29, 0.717) is 6.04 Å². The Kier molecular flexibility index (Phi) is 5.31. The molecule has 5 heteroatoms. The maximum atomic E-state index is 5.22. The Balaban J connectivity index is 1.64. The zero-order chi connectivity index (χ0) is 16.1. The number of aromatic amines is 1. The van der Waals surface area contributed by atoms with Gasteiger partial charge in [-0.25, -0.2) is 0 Å². The number of nitrogens with one attached hydrogen (secondary N) is 2. The first-order chi connectivity index (χ1) is 11.3. The van der Waals surface area contributed by atoms with Gasteiger partial charge in [0.15, 0.2) is 0 Å². The molecule has 2 heterocycles. The van der Waals surface area contributed by atoms with Gasteiger partial charge < -0.3 is 15.0 Å². The molecule has 0 saturated carbocycles. The van der Waals surface area contributed by atoms with Gasteiger partial charge in [0.1, 0.15) is 5.75 Å². The largest absolute Gasteiger partial charge is 0.497 e. The number of nitrogens with zero attached hydrogens (tertiary/aromatic N) is 2. The van der Waals surface area contributed by atoms with Crippen LogP contribution in [0.2, 0.25) is 0 Å². The fourth-order valence-electron chi connectivity index (χ4n) is 3.22. The number of methoxy groups -OCH3 is 1. The quantitative estimate of drug-likeness (QED) is 0.861. The Bertz CT molecular complexity index is 608. The van der Waals surface area contributed by atoms with Crippen molar-refractivity contribution in [3.8, 4) is 17.0 Å². The number of hydrogen-bond donors (Lipinski definition) is 2. The van der Waals surface area contributed by atoms with E-state index in [1.807, 2.05) is 18.3 Å². The number of piperidine rings is 1. The lowest BCUT2D eigenvalue weighted by molar-refractivity contribution is 0.198. The zero-order valence-electron chi connectivity index (χ0n) is 14.0. The molecule has 1 atom stereocenters. The summed E-state index contributed by atoms with van der Waals surface area (Å²) in [6.45, 7) is 6.60. The van der Waals surface area contributed by atoms with Crippen LogP contribution in [0.5, 0.6) is 5.75 Å². The average molecular weight is 314 g/mol. The molecule has 0 aliphatic carbocycles. The lowest BCUT2D eigenvalue weighted by atomic mass is 10.0. The summed E-state index contributed by atoms with van der Waals surface area (Å²) >= 11 is 0. The molecule has 0 amide bonds. The van der Waals surface area contributed by atoms with Crippen molar-refractivity contribution < 1.29 is 4.74 Å². The molecule has 2 aromatic rings. The molecule has 5 nitrogen and oxygen atoms in total. The predicted molar refractivity (Wildman–Crippen MR) is 92.6 cm³/mol. The van der Waals surface area contributed by atoms with Gasteiger partial charge in [0.05, 0.1) is 19.0 Å². The van der Waals surface area contributed by atoms with E-state index >= 15 is 0 Å². The first-order valence-electron chi connectivity index (χ1n) is 8.42. The summed E-state index contributed by atoms with van der Waals surface area (Å²) < 4.78 is 5.22. The van der Waals surface area contributed by atoms with Crippen LogP contribution in [0.1, 0.15) is 25.3 Å². The van der Waals surface area contributed by atoms with Crippen LogP contribution in [0, 0.1) is 0 Å². The first kappa shape index (κ1) is 16.0. The number of benzene rings is 1. The molecule has 1 aromatic carbocycles. The Hall–Kier alpha value is -1.85. The lowest BCUT2D eigenvalue weighted by Crippen LogP contribution is -2.45. The molecule has 0 spiro atoms. The number of hydrogen-bond acceptors (Lipinski definition) is 4. The highest BCUT2D eigenvalue weighted by Crippen LogP contribution is 2.24. The van der Waals surface area contributed by atoms with Crippen LogP contribution >= 0.6 is 0 Å². The van der Waals surface area contributed by atoms with E-state index in [4.69, 9.17) is 4.74 Å². The first-order valence-corrected chi connectivity index (χ1v) is 8.42. The van der Waals surface area contributed by atoms with E-state index in [0.717, 1.165) is 36.6 Å². The minimum absolute atomic E-state index is 0.572. The summed E-state index contributed by atoms with van der Waals surface area (Å²) in [4.78, 5) is 2.51. The van der Waals surface area contributed by atoms with Gasteiger partial charge in [-0.15, -0.1) is 0 Å². The predicted octanol–water partition coefficient (Wildman–Crippen LogP) is 2.66. The van der Waals surface area contributed by atoms with E-state index in [1.165, 1.54) is 24.9 Å². The van der Waals surface area contributed by atoms with Crippen LogP contribution in [0.25, 0.3) is 11.3 Å². The molecule has 124 valence electrons. The van der Waals surface area contributed by atoms with Gasteiger partial charge in [0, 0.05) is 30.3 Å². The van der Waals surface area contributed by atoms with Crippen molar-refractivity contribution in [2.24, 2.45) is 0 Å². The molecule has 1 aliphatic rings. The van der Waals surface area contributed by atoms with Crippen LogP contribution in [0.15, 0.2) is 30.5 Å². The highest BCUT2D eigenvalue weighted by Gasteiger charge is 2.18. The molecule has 1 saturated heterocycles. The summed E-state index contributed by atoms with van der Waals surface area (Å²) in [5.41, 5.74) is 3.44. The number of H-pyrrole nitrogens is 1. The fraction of sp³-hybridized carbons (Fsp3) is 0.500. The molecule has 1 aliphatic heterocycles. The minimum Gasteiger partial charge on any atom is -0.497 e. The van der Waals surface area contributed by atoms with Gasteiger partial charge >= 0.3 is 0 Å². The van der Waals surface area contributed by atoms with Crippen molar-refractivity contribution in [1.29, 1.82) is 0 Å². The Morgan fingerprint density at radius 1 is 1.35 bits per heavy atom. The van der Waals surface area contributed by atoms with Gasteiger partial charge in [-0.05, 0) is 50.2 Å². The average Bonchev–Trinajstić information content (AvgIpc) is 3.09. The van der Waals surface area contributed by atoms with Crippen molar-refractivity contribution >= 4 is 0 Å². The van der Waals surface area contributed by atoms with Crippen molar-refractivity contribution in [3.63, 3.8) is 0 Å². The maximum Gasteiger partial charge on any atom is 0.118 e. The summed E-state index contributed by atoms with van der Waals surface area (Å²) in [5.74, 6) is 0.870. The number of likely N-dealkylation sites (N-methyl/N-ethyl adjacent to an activating group) is 1. The summed E-state index contributed by atoms with van der Waals surface area (Å²) in [6, 6.07) is 8.66. The lowest BCUT2D eigenvalue weighted by Gasteiger charge is -2.32. The molecular weight excluding hydrogens is 288 g/mol. The highest BCUT2D eigenvalue weighted by molar-refractivity contribution is 5.63. The minimum atomic E-state index is 0.572. The van der Waals surface area contributed by atoms with E-state index < -0.39 is 0 Å². The third kappa shape index (κ3) is 3.92. The second-order valence-corrected chi connectivity index (χ2v) is 6.11. The number of likely N-dealkylation sites (tertiary alicyclic amines) is 1. The molecule has 0 radical (unpaired) electrons. The van der Waals surface area contributed by atoms with E-state index in [-0.39, 0.29) is 0 Å². The van der Waals surface area contributed by atoms with Crippen LogP contribution in [0.3, 0.4) is 0 Å². The Morgan fingerprint density at radius 2 is 2.17 bits per heavy atom. The van der Waals surface area contributed by atoms with Gasteiger partial charge in [0.2, 0.25) is 0 Å². The highest BCUT2D eigenvalue weighted by atomic mass is 16.5. The molecule has 2 N–H and O–H groups in total. The fourth-order valence-corrected chi connectivity index (χ4v) is 3.22. The van der Waals surface area contributed by atoms with Gasteiger partial charge in [-0.1, -0.05) is 6.92 Å². The van der Waals surface area contributed by atoms with Crippen LogP contribution in [-0.4, -0.2) is 47.9 Å². The van der Waals surface area contributed by atoms with Gasteiger partial charge in [0.25, 0.3) is 0 Å². The van der Waals surface area contributed by atoms with Crippen LogP contribution in [-0.2, 0) is 6.54 Å². The topological polar surface area (TPSA) is 53.2 Å². The number of ether oxygens (including phenoxy) is 1. The zero-order valence-corrected chi connectivity index (χ0v) is 14.0. The normalized spacial score (nSPS) is 19.0. The van der Waals surface area contributed by atoms with Crippen molar-refractivity contribution in [2.45, 2.75) is 32.4 Å². The van der Waals surface area contributed by atoms with E-state index in [1.54, 1.807) is 7.11 Å². The third-order valence-corrected chi connectivity index (χ3v) is 4.63. The maximum absolute atomic E-state index is 5.22. The smallest absolute Gasteiger partial charge is 0.118 e. The second kappa shape index (κ2) is 7.62. The summed E-state index contributed by atoms with van der Waals surface area (Å²) in [6.07, 6.45) is 4.46. The summed E-state index contributed by atoms with van der Waals surface area (Å²) in [7, 11) is 1.68. The summed E-state index contributed by atoms with van der Waals surface area (Å²) in [5, 5.41) is 11.0. The monoisotopic (exact) mass is 314 g/mol. The Morgan fingerprint density at radius 3 is 2.91 bits per heavy atom. The van der Waals surface area contributed by atoms with Crippen LogP contribution < -0.4 is 10.1 Å². The van der Waals surface area contributed by atoms with E-state index in [2.05, 4.69) is 39.5 Å². The standard InChI is InChI=1S/C18H26N4O/c1-3-22-10-4-5-16(13-22)19-11-15-12-20-21-18(15)14-6-8-17(23-2)9-7-14/h6-9,12,16,19H,3-5,10-11,13H2,1-2H3,(H,20,21)/t16-/m1/s1. The van der Waals surface area contributed by atoms with Crippen LogP contribution in [0.4, 0.5) is 0 Å². The van der Waals surface area contributed by atoms with Crippen molar-refractivity contribution in [2.75, 3.05) is 26.7 Å². The molecule has 1 fully saturated rings. The van der Waals surface area contributed by atoms with Crippen molar-refractivity contribution in [3.05, 3.63) is 36.0 Å². The number of rotatable bonds is 6. The molecule has 23 heavy (non-hydrogen) atoms.